The van der Waals surface area contributed by atoms with Crippen LogP contribution in [0.2, 0.25) is 5.02 Å². The smallest absolute Gasteiger partial charge is 0.0415 e. The van der Waals surface area contributed by atoms with Gasteiger partial charge in [-0.2, -0.15) is 0 Å². The number of nitrogens with one attached hydrogen (secondary N) is 1. The lowest BCUT2D eigenvalue weighted by Crippen LogP contribution is -2.33. The van der Waals surface area contributed by atoms with Gasteiger partial charge in [0.2, 0.25) is 0 Å². The van der Waals surface area contributed by atoms with Gasteiger partial charge in [-0.05, 0) is 50.6 Å². The SMILES string of the molecule is CNCc1cc(Cl)ccc1N1CCCCCC1C. The van der Waals surface area contributed by atoms with Gasteiger partial charge < -0.3 is 10.2 Å². The van der Waals surface area contributed by atoms with Crippen molar-refractivity contribution < 1.29 is 0 Å². The number of hydrogen-bond donors (Lipinski definition) is 1. The maximum absolute atomic E-state index is 6.11. The van der Waals surface area contributed by atoms with Crippen LogP contribution in [0.15, 0.2) is 18.2 Å². The van der Waals surface area contributed by atoms with E-state index in [0.717, 1.165) is 11.6 Å². The van der Waals surface area contributed by atoms with E-state index in [4.69, 9.17) is 11.6 Å². The van der Waals surface area contributed by atoms with Crippen LogP contribution in [-0.2, 0) is 6.54 Å². The van der Waals surface area contributed by atoms with Gasteiger partial charge in [0.15, 0.2) is 0 Å². The third-order valence-electron chi connectivity index (χ3n) is 3.77. The van der Waals surface area contributed by atoms with E-state index in [1.165, 1.54) is 43.5 Å². The van der Waals surface area contributed by atoms with E-state index in [2.05, 4.69) is 29.3 Å². The van der Waals surface area contributed by atoms with E-state index in [-0.39, 0.29) is 0 Å². The van der Waals surface area contributed by atoms with E-state index in [1.54, 1.807) is 0 Å². The molecule has 0 amide bonds. The monoisotopic (exact) mass is 266 g/mol. The molecular formula is C15H23ClN2. The van der Waals surface area contributed by atoms with Crippen LogP contribution in [0, 0.1) is 0 Å². The summed E-state index contributed by atoms with van der Waals surface area (Å²) in [6.45, 7) is 4.38. The summed E-state index contributed by atoms with van der Waals surface area (Å²) in [6, 6.07) is 6.90. The number of hydrogen-bond acceptors (Lipinski definition) is 2. The van der Waals surface area contributed by atoms with Gasteiger partial charge >= 0.3 is 0 Å². The zero-order valence-corrected chi connectivity index (χ0v) is 12.1. The summed E-state index contributed by atoms with van der Waals surface area (Å²) < 4.78 is 0. The molecule has 0 spiro atoms. The molecule has 0 saturated carbocycles. The maximum Gasteiger partial charge on any atom is 0.0415 e. The van der Waals surface area contributed by atoms with Crippen LogP contribution in [0.3, 0.4) is 0 Å². The molecule has 1 aliphatic rings. The van der Waals surface area contributed by atoms with Crippen molar-refractivity contribution in [2.24, 2.45) is 0 Å². The van der Waals surface area contributed by atoms with Crippen molar-refractivity contribution in [1.29, 1.82) is 0 Å². The number of rotatable bonds is 3. The molecule has 1 aromatic rings. The average Bonchev–Trinajstić information content (AvgIpc) is 2.55. The molecule has 0 aliphatic carbocycles. The Morgan fingerprint density at radius 1 is 1.33 bits per heavy atom. The van der Waals surface area contributed by atoms with Crippen molar-refractivity contribution in [1.82, 2.24) is 5.32 Å². The highest BCUT2D eigenvalue weighted by Gasteiger charge is 2.19. The normalized spacial score (nSPS) is 20.8. The van der Waals surface area contributed by atoms with E-state index < -0.39 is 0 Å². The Labute approximate surface area is 115 Å². The summed E-state index contributed by atoms with van der Waals surface area (Å²) in [4.78, 5) is 2.55. The number of anilines is 1. The van der Waals surface area contributed by atoms with Gasteiger partial charge in [-0.15, -0.1) is 0 Å². The van der Waals surface area contributed by atoms with Crippen LogP contribution in [0.4, 0.5) is 5.69 Å². The maximum atomic E-state index is 6.11. The van der Waals surface area contributed by atoms with E-state index in [9.17, 15) is 0 Å². The fourth-order valence-electron chi connectivity index (χ4n) is 2.80. The average molecular weight is 267 g/mol. The molecule has 1 heterocycles. The second kappa shape index (κ2) is 6.44. The zero-order valence-electron chi connectivity index (χ0n) is 11.4. The van der Waals surface area contributed by atoms with Crippen LogP contribution < -0.4 is 10.2 Å². The number of nitrogens with zero attached hydrogens (tertiary/aromatic N) is 1. The van der Waals surface area contributed by atoms with Gasteiger partial charge in [0.05, 0.1) is 0 Å². The molecule has 2 rings (SSSR count). The Morgan fingerprint density at radius 2 is 2.17 bits per heavy atom. The highest BCUT2D eigenvalue weighted by molar-refractivity contribution is 6.30. The van der Waals surface area contributed by atoms with Crippen molar-refractivity contribution >= 4 is 17.3 Å². The molecule has 100 valence electrons. The predicted octanol–water partition coefficient (Wildman–Crippen LogP) is 3.83. The first-order valence-corrected chi connectivity index (χ1v) is 7.30. The predicted molar refractivity (Wildman–Crippen MR) is 79.5 cm³/mol. The number of benzene rings is 1. The summed E-state index contributed by atoms with van der Waals surface area (Å²) >= 11 is 6.11. The van der Waals surface area contributed by atoms with E-state index in [1.807, 2.05) is 13.1 Å². The third kappa shape index (κ3) is 3.18. The first-order valence-electron chi connectivity index (χ1n) is 6.92. The Hall–Kier alpha value is -0.730. The van der Waals surface area contributed by atoms with Crippen LogP contribution in [0.1, 0.15) is 38.2 Å². The summed E-state index contributed by atoms with van der Waals surface area (Å²) in [5.41, 5.74) is 2.65. The van der Waals surface area contributed by atoms with E-state index >= 15 is 0 Å². The Morgan fingerprint density at radius 3 is 2.94 bits per heavy atom. The fraction of sp³-hybridized carbons (Fsp3) is 0.600. The molecule has 1 fully saturated rings. The molecule has 1 aromatic carbocycles. The highest BCUT2D eigenvalue weighted by Crippen LogP contribution is 2.29. The lowest BCUT2D eigenvalue weighted by atomic mass is 10.1. The quantitative estimate of drug-likeness (QED) is 0.895. The summed E-state index contributed by atoms with van der Waals surface area (Å²) in [5.74, 6) is 0. The highest BCUT2D eigenvalue weighted by atomic mass is 35.5. The summed E-state index contributed by atoms with van der Waals surface area (Å²) in [6.07, 6.45) is 5.30. The molecule has 1 saturated heterocycles. The molecule has 0 radical (unpaired) electrons. The van der Waals surface area contributed by atoms with Crippen LogP contribution in [0.5, 0.6) is 0 Å². The topological polar surface area (TPSA) is 15.3 Å². The largest absolute Gasteiger partial charge is 0.369 e. The molecule has 2 nitrogen and oxygen atoms in total. The van der Waals surface area contributed by atoms with Crippen LogP contribution >= 0.6 is 11.6 Å². The minimum atomic E-state index is 0.629. The van der Waals surface area contributed by atoms with Crippen molar-refractivity contribution in [3.05, 3.63) is 28.8 Å². The van der Waals surface area contributed by atoms with Crippen molar-refractivity contribution in [2.45, 2.75) is 45.2 Å². The molecular weight excluding hydrogens is 244 g/mol. The third-order valence-corrected chi connectivity index (χ3v) is 4.01. The molecule has 1 N–H and O–H groups in total. The molecule has 1 atom stereocenters. The second-order valence-corrected chi connectivity index (χ2v) is 5.63. The first kappa shape index (κ1) is 13.7. The Kier molecular flexibility index (Phi) is 4.90. The number of halogens is 1. The van der Waals surface area contributed by atoms with Gasteiger partial charge in [-0.1, -0.05) is 24.4 Å². The zero-order chi connectivity index (χ0) is 13.0. The molecule has 18 heavy (non-hydrogen) atoms. The van der Waals surface area contributed by atoms with E-state index in [0.29, 0.717) is 6.04 Å². The molecule has 0 aromatic heterocycles. The van der Waals surface area contributed by atoms with Gasteiger partial charge in [0.25, 0.3) is 0 Å². The van der Waals surface area contributed by atoms with Crippen molar-refractivity contribution in [2.75, 3.05) is 18.5 Å². The summed E-state index contributed by atoms with van der Waals surface area (Å²) in [5, 5.41) is 4.06. The Balaban J connectivity index is 2.29. The molecule has 1 aliphatic heterocycles. The minimum Gasteiger partial charge on any atom is -0.369 e. The second-order valence-electron chi connectivity index (χ2n) is 5.20. The first-order chi connectivity index (χ1) is 8.72. The van der Waals surface area contributed by atoms with Gasteiger partial charge in [0.1, 0.15) is 0 Å². The van der Waals surface area contributed by atoms with Crippen LogP contribution in [-0.4, -0.2) is 19.6 Å². The molecule has 0 bridgehead atoms. The fourth-order valence-corrected chi connectivity index (χ4v) is 2.99. The molecule has 3 heteroatoms. The van der Waals surface area contributed by atoms with Crippen molar-refractivity contribution in [3.63, 3.8) is 0 Å². The van der Waals surface area contributed by atoms with Gasteiger partial charge in [-0.3, -0.25) is 0 Å². The van der Waals surface area contributed by atoms with Crippen molar-refractivity contribution in [3.8, 4) is 0 Å². The standard InChI is InChI=1S/C15H23ClN2/c1-12-6-4-3-5-9-18(12)15-8-7-14(16)10-13(15)11-17-2/h7-8,10,12,17H,3-6,9,11H2,1-2H3. The lowest BCUT2D eigenvalue weighted by Gasteiger charge is -2.31. The van der Waals surface area contributed by atoms with Gasteiger partial charge in [-0.25, -0.2) is 0 Å². The minimum absolute atomic E-state index is 0.629. The van der Waals surface area contributed by atoms with Crippen LogP contribution in [0.25, 0.3) is 0 Å². The Bertz CT molecular complexity index is 392. The van der Waals surface area contributed by atoms with Gasteiger partial charge in [0, 0.05) is 29.8 Å². The lowest BCUT2D eigenvalue weighted by molar-refractivity contribution is 0.613. The molecule has 1 unspecified atom stereocenters. The summed E-state index contributed by atoms with van der Waals surface area (Å²) in [7, 11) is 1.98.